The zero-order valence-corrected chi connectivity index (χ0v) is 13.3. The van der Waals surface area contributed by atoms with E-state index in [1.165, 1.54) is 6.92 Å². The van der Waals surface area contributed by atoms with Crippen molar-refractivity contribution in [2.75, 3.05) is 0 Å². The zero-order chi connectivity index (χ0) is 8.27. The summed E-state index contributed by atoms with van der Waals surface area (Å²) in [6.45, 7) is 1.47. The van der Waals surface area contributed by atoms with Crippen molar-refractivity contribution in [3.8, 4) is 0 Å². The Kier molecular flexibility index (Phi) is 14.4. The van der Waals surface area contributed by atoms with Gasteiger partial charge in [-0.3, -0.25) is 4.79 Å². The number of pyridine rings is 1. The molecule has 0 saturated carbocycles. The molecule has 82 valence electrons. The number of halogens is 4. The number of nitrogens with zero attached hydrogens (tertiary/aromatic N) is 1. The third-order valence-electron chi connectivity index (χ3n) is 1.34. The molecule has 0 bridgehead atoms. The molecule has 0 radical (unpaired) electrons. The molecule has 0 N–H and O–H groups in total. The van der Waals surface area contributed by atoms with E-state index in [-0.39, 0.29) is 56.7 Å². The fraction of sp³-hybridized carbons (Fsp3) is 0.250. The summed E-state index contributed by atoms with van der Waals surface area (Å²) in [5.41, 5.74) is -0.573. The van der Waals surface area contributed by atoms with Crippen LogP contribution >= 0.6 is 62.5 Å². The first-order valence-corrected chi connectivity index (χ1v) is 3.76. The molecule has 0 saturated heterocycles. The van der Waals surface area contributed by atoms with Gasteiger partial charge in [-0.05, 0) is 11.6 Å². The zero-order valence-electron chi connectivity index (χ0n) is 7.42. The number of alkyl halides is 1. The maximum absolute atomic E-state index is 10.8. The van der Waals surface area contributed by atoms with Gasteiger partial charge in [0.05, 0.1) is 0 Å². The molecule has 1 atom stereocenters. The summed E-state index contributed by atoms with van der Waals surface area (Å²) >= 11 is 5.75. The number of carbonyl (C=O) groups excluding carboxylic acids is 1. The van der Waals surface area contributed by atoms with Crippen LogP contribution in [0.15, 0.2) is 30.6 Å². The molecule has 0 aliphatic heterocycles. The van der Waals surface area contributed by atoms with Gasteiger partial charge in [0, 0.05) is 19.1 Å². The summed E-state index contributed by atoms with van der Waals surface area (Å²) in [7, 11) is 0. The second-order valence-electron chi connectivity index (χ2n) is 2.27. The van der Waals surface area contributed by atoms with Crippen molar-refractivity contribution < 1.29 is 9.36 Å². The highest BCUT2D eigenvalue weighted by atomic mass is 79.9. The van der Waals surface area contributed by atoms with Crippen molar-refractivity contribution in [1.82, 2.24) is 0 Å². The highest BCUT2D eigenvalue weighted by Crippen LogP contribution is 2.02. The molecule has 1 aromatic heterocycles. The Morgan fingerprint density at radius 3 is 1.93 bits per heavy atom. The minimum atomic E-state index is -0.573. The van der Waals surface area contributed by atoms with E-state index in [4.69, 9.17) is 11.6 Å². The van der Waals surface area contributed by atoms with Crippen molar-refractivity contribution in [1.29, 1.82) is 0 Å². The number of rotatable bonds is 2. The maximum Gasteiger partial charge on any atom is 0.290 e. The Labute approximate surface area is 120 Å². The van der Waals surface area contributed by atoms with E-state index >= 15 is 0 Å². The van der Waals surface area contributed by atoms with E-state index in [0.717, 1.165) is 0 Å². The van der Waals surface area contributed by atoms with Gasteiger partial charge >= 0.3 is 0 Å². The highest BCUT2D eigenvalue weighted by molar-refractivity contribution is 8.93. The van der Waals surface area contributed by atoms with E-state index in [1.807, 2.05) is 18.2 Å². The van der Waals surface area contributed by atoms with Crippen LogP contribution in [0, 0.1) is 0 Å². The van der Waals surface area contributed by atoms with Crippen LogP contribution < -0.4 is 4.57 Å². The number of carbonyl (C=O) groups is 1. The number of hydrogen-bond acceptors (Lipinski definition) is 1. The third kappa shape index (κ3) is 6.11. The van der Waals surface area contributed by atoms with Gasteiger partial charge in [-0.15, -0.1) is 50.9 Å². The minimum absolute atomic E-state index is 0. The maximum atomic E-state index is 10.8. The number of ketones is 1. The van der Waals surface area contributed by atoms with E-state index in [9.17, 15) is 4.79 Å². The lowest BCUT2D eigenvalue weighted by atomic mass is 10.4. The lowest BCUT2D eigenvalue weighted by Gasteiger charge is -1.97. The van der Waals surface area contributed by atoms with Crippen LogP contribution in [0.1, 0.15) is 12.4 Å². The average molecular weight is 413 g/mol. The fourth-order valence-electron chi connectivity index (χ4n) is 0.773. The van der Waals surface area contributed by atoms with Crippen LogP contribution in [-0.2, 0) is 4.79 Å². The molecule has 0 spiro atoms. The Hall–Kier alpha value is 0.550. The van der Waals surface area contributed by atoms with Crippen molar-refractivity contribution in [3.05, 3.63) is 30.6 Å². The summed E-state index contributed by atoms with van der Waals surface area (Å²) < 4.78 is 1.66. The molecule has 1 unspecified atom stereocenters. The highest BCUT2D eigenvalue weighted by Gasteiger charge is 2.18. The molecule has 2 nitrogen and oxygen atoms in total. The quantitative estimate of drug-likeness (QED) is 0.540. The van der Waals surface area contributed by atoms with Gasteiger partial charge in [0.1, 0.15) is 0 Å². The molecule has 0 aliphatic rings. The topological polar surface area (TPSA) is 20.9 Å². The van der Waals surface area contributed by atoms with E-state index in [2.05, 4.69) is 0 Å². The minimum Gasteiger partial charge on any atom is -0.291 e. The first kappa shape index (κ1) is 20.0. The SMILES string of the molecule is Br.Br.Br.CC(=O)C(Cl)[n+]1ccccc1. The number of hydrogen-bond donors (Lipinski definition) is 0. The molecule has 0 amide bonds. The van der Waals surface area contributed by atoms with Gasteiger partial charge in [0.2, 0.25) is 5.78 Å². The monoisotopic (exact) mass is 410 g/mol. The Morgan fingerprint density at radius 1 is 1.14 bits per heavy atom. The lowest BCUT2D eigenvalue weighted by Crippen LogP contribution is -2.38. The first-order chi connectivity index (χ1) is 5.22. The van der Waals surface area contributed by atoms with Crippen LogP contribution in [0.2, 0.25) is 0 Å². The van der Waals surface area contributed by atoms with Gasteiger partial charge in [-0.25, -0.2) is 0 Å². The third-order valence-corrected chi connectivity index (χ3v) is 1.87. The van der Waals surface area contributed by atoms with Crippen LogP contribution in [0.25, 0.3) is 0 Å². The molecular formula is C8H12Br3ClNO+. The summed E-state index contributed by atoms with van der Waals surface area (Å²) in [4.78, 5) is 10.8. The van der Waals surface area contributed by atoms with Gasteiger partial charge in [0.25, 0.3) is 5.50 Å². The Bertz CT molecular complexity index is 258. The van der Waals surface area contributed by atoms with Crippen molar-refractivity contribution in [2.45, 2.75) is 12.4 Å². The molecule has 6 heteroatoms. The molecule has 1 aromatic rings. The van der Waals surface area contributed by atoms with Gasteiger partial charge < -0.3 is 0 Å². The summed E-state index contributed by atoms with van der Waals surface area (Å²) in [6, 6.07) is 5.54. The number of aromatic nitrogens is 1. The molecule has 1 rings (SSSR count). The smallest absolute Gasteiger partial charge is 0.290 e. The van der Waals surface area contributed by atoms with Crippen molar-refractivity contribution in [2.24, 2.45) is 0 Å². The van der Waals surface area contributed by atoms with Crippen molar-refractivity contribution in [3.63, 3.8) is 0 Å². The standard InChI is InChI=1S/C8H9ClNO.3BrH/c1-7(11)8(9)10-5-3-2-4-6-10;;;/h2-6,8H,1H3;3*1H/q+1;;;. The first-order valence-electron chi connectivity index (χ1n) is 3.32. The molecule has 14 heavy (non-hydrogen) atoms. The van der Waals surface area contributed by atoms with E-state index < -0.39 is 5.50 Å². The second kappa shape index (κ2) is 10.1. The molecule has 0 fully saturated rings. The predicted octanol–water partition coefficient (Wildman–Crippen LogP) is 3.03. The van der Waals surface area contributed by atoms with Gasteiger partial charge in [0.15, 0.2) is 12.4 Å². The predicted molar refractivity (Wildman–Crippen MR) is 73.2 cm³/mol. The average Bonchev–Trinajstić information content (AvgIpc) is 2.05. The second-order valence-corrected chi connectivity index (χ2v) is 2.68. The number of Topliss-reactive ketones (excluding diaryl/α,β-unsaturated/α-hetero) is 1. The van der Waals surface area contributed by atoms with Crippen LogP contribution in [0.4, 0.5) is 0 Å². The molecule has 0 aliphatic carbocycles. The van der Waals surface area contributed by atoms with Crippen molar-refractivity contribution >= 4 is 68.3 Å². The molecule has 1 heterocycles. The van der Waals surface area contributed by atoms with Gasteiger partial charge in [-0.1, -0.05) is 6.07 Å². The summed E-state index contributed by atoms with van der Waals surface area (Å²) in [5.74, 6) is -0.0529. The summed E-state index contributed by atoms with van der Waals surface area (Å²) in [5, 5.41) is 0. The lowest BCUT2D eigenvalue weighted by molar-refractivity contribution is -0.689. The normalized spacial score (nSPS) is 9.86. The molecule has 0 aromatic carbocycles. The van der Waals surface area contributed by atoms with Crippen LogP contribution in [-0.4, -0.2) is 5.78 Å². The summed E-state index contributed by atoms with van der Waals surface area (Å²) in [6.07, 6.45) is 3.53. The largest absolute Gasteiger partial charge is 0.291 e. The molecular weight excluding hydrogens is 401 g/mol. The van der Waals surface area contributed by atoms with Crippen LogP contribution in [0.3, 0.4) is 0 Å². The van der Waals surface area contributed by atoms with E-state index in [0.29, 0.717) is 0 Å². The van der Waals surface area contributed by atoms with E-state index in [1.54, 1.807) is 17.0 Å². The van der Waals surface area contributed by atoms with Gasteiger partial charge in [-0.2, -0.15) is 4.57 Å². The Morgan fingerprint density at radius 2 is 1.57 bits per heavy atom. The Balaban J connectivity index is -0.000000403. The van der Waals surface area contributed by atoms with Crippen LogP contribution in [0.5, 0.6) is 0 Å². The fourth-order valence-corrected chi connectivity index (χ4v) is 0.903.